The van der Waals surface area contributed by atoms with Crippen molar-refractivity contribution in [2.75, 3.05) is 0 Å². The molecule has 26 heavy (non-hydrogen) atoms. The first-order valence-corrected chi connectivity index (χ1v) is 10.0. The van der Waals surface area contributed by atoms with Crippen LogP contribution in [0.2, 0.25) is 0 Å². The lowest BCUT2D eigenvalue weighted by molar-refractivity contribution is -0.00648. The minimum atomic E-state index is 0.236. The van der Waals surface area contributed by atoms with Crippen LogP contribution in [0.15, 0.2) is 48.5 Å². The molecule has 0 heterocycles. The summed E-state index contributed by atoms with van der Waals surface area (Å²) in [6, 6.07) is 16.4. The van der Waals surface area contributed by atoms with Gasteiger partial charge in [0, 0.05) is 11.1 Å². The van der Waals surface area contributed by atoms with Gasteiger partial charge in [0.25, 0.3) is 0 Å². The average molecular weight is 346 g/mol. The normalized spacial score (nSPS) is 31.8. The van der Waals surface area contributed by atoms with Crippen molar-refractivity contribution in [3.05, 3.63) is 65.2 Å². The highest BCUT2D eigenvalue weighted by Gasteiger charge is 2.52. The largest absolute Gasteiger partial charge is 0.489 e. The van der Waals surface area contributed by atoms with E-state index >= 15 is 0 Å². The van der Waals surface area contributed by atoms with Crippen LogP contribution in [0.25, 0.3) is 0 Å². The van der Waals surface area contributed by atoms with Crippen molar-refractivity contribution in [1.82, 2.24) is 0 Å². The van der Waals surface area contributed by atoms with Crippen molar-refractivity contribution in [3.63, 3.8) is 0 Å². The number of aldehydes is 1. The number of hydrogen-bond donors (Lipinski definition) is 0. The van der Waals surface area contributed by atoms with Crippen LogP contribution in [0, 0.1) is 17.8 Å². The number of rotatable bonds is 5. The van der Waals surface area contributed by atoms with Gasteiger partial charge in [-0.3, -0.25) is 4.79 Å². The van der Waals surface area contributed by atoms with Gasteiger partial charge in [0.1, 0.15) is 18.6 Å². The summed E-state index contributed by atoms with van der Waals surface area (Å²) in [5.41, 5.74) is 3.50. The molecule has 2 nitrogen and oxygen atoms in total. The van der Waals surface area contributed by atoms with Gasteiger partial charge in [0.15, 0.2) is 0 Å². The van der Waals surface area contributed by atoms with E-state index in [2.05, 4.69) is 18.2 Å². The van der Waals surface area contributed by atoms with Gasteiger partial charge in [-0.2, -0.15) is 0 Å². The number of ether oxygens (including phenoxy) is 1. The second kappa shape index (κ2) is 6.26. The fourth-order valence-corrected chi connectivity index (χ4v) is 6.34. The van der Waals surface area contributed by atoms with Crippen molar-refractivity contribution in [2.45, 2.75) is 50.5 Å². The van der Waals surface area contributed by atoms with E-state index in [1.165, 1.54) is 49.7 Å². The standard InChI is InChI=1S/C24H26O2/c25-15-18-6-7-23(26-16-17-4-2-1-3-5-17)22(11-18)24-12-19-8-20(13-24)10-21(9-19)14-24/h1-7,11,15,19-21H,8-10,12-14,16H2. The van der Waals surface area contributed by atoms with Gasteiger partial charge in [-0.15, -0.1) is 0 Å². The number of benzene rings is 2. The van der Waals surface area contributed by atoms with Crippen molar-refractivity contribution in [3.8, 4) is 5.75 Å². The molecule has 0 atom stereocenters. The third-order valence-electron chi connectivity index (χ3n) is 6.99. The third-order valence-corrected chi connectivity index (χ3v) is 6.99. The maximum atomic E-state index is 11.4. The van der Waals surface area contributed by atoms with Crippen molar-refractivity contribution >= 4 is 6.29 Å². The lowest BCUT2D eigenvalue weighted by Crippen LogP contribution is -2.48. The third kappa shape index (κ3) is 2.76. The molecule has 0 spiro atoms. The lowest BCUT2D eigenvalue weighted by Gasteiger charge is -2.57. The smallest absolute Gasteiger partial charge is 0.150 e. The summed E-state index contributed by atoms with van der Waals surface area (Å²) in [5, 5.41) is 0. The molecule has 2 heteroatoms. The molecule has 4 aliphatic rings. The molecular weight excluding hydrogens is 320 g/mol. The Morgan fingerprint density at radius 1 is 0.923 bits per heavy atom. The van der Waals surface area contributed by atoms with Gasteiger partial charge in [-0.05, 0) is 85.5 Å². The summed E-state index contributed by atoms with van der Waals surface area (Å²) in [5.74, 6) is 3.62. The molecular formula is C24H26O2. The summed E-state index contributed by atoms with van der Waals surface area (Å²) < 4.78 is 6.30. The van der Waals surface area contributed by atoms with Gasteiger partial charge in [-0.25, -0.2) is 0 Å². The highest BCUT2D eigenvalue weighted by molar-refractivity contribution is 5.76. The lowest BCUT2D eigenvalue weighted by atomic mass is 9.48. The van der Waals surface area contributed by atoms with Crippen LogP contribution in [-0.2, 0) is 12.0 Å². The SMILES string of the molecule is O=Cc1ccc(OCc2ccccc2)c(C23CC4CC(CC(C4)C2)C3)c1. The second-order valence-electron chi connectivity index (χ2n) is 8.85. The second-order valence-corrected chi connectivity index (χ2v) is 8.85. The molecule has 0 unspecified atom stereocenters. The Hall–Kier alpha value is -2.09. The highest BCUT2D eigenvalue weighted by atomic mass is 16.5. The Labute approximate surface area is 155 Å². The summed E-state index contributed by atoms with van der Waals surface area (Å²) in [7, 11) is 0. The molecule has 4 aliphatic carbocycles. The minimum Gasteiger partial charge on any atom is -0.489 e. The zero-order chi connectivity index (χ0) is 17.6. The molecule has 2 aromatic carbocycles. The van der Waals surface area contributed by atoms with Crippen molar-refractivity contribution in [1.29, 1.82) is 0 Å². The predicted octanol–water partition coefficient (Wildman–Crippen LogP) is 5.55. The van der Waals surface area contributed by atoms with Crippen LogP contribution < -0.4 is 4.74 Å². The van der Waals surface area contributed by atoms with E-state index in [1.807, 2.05) is 30.3 Å². The van der Waals surface area contributed by atoms with Gasteiger partial charge in [0.05, 0.1) is 0 Å². The molecule has 4 fully saturated rings. The Bertz CT molecular complexity index is 773. The van der Waals surface area contributed by atoms with Gasteiger partial charge < -0.3 is 4.74 Å². The minimum absolute atomic E-state index is 0.236. The Balaban J connectivity index is 1.49. The maximum Gasteiger partial charge on any atom is 0.150 e. The van der Waals surface area contributed by atoms with E-state index in [-0.39, 0.29) is 5.41 Å². The molecule has 0 amide bonds. The number of carbonyl (C=O) groups is 1. The first kappa shape index (κ1) is 16.1. The summed E-state index contributed by atoms with van der Waals surface area (Å²) in [6.07, 6.45) is 9.09. The van der Waals surface area contributed by atoms with E-state index < -0.39 is 0 Å². The predicted molar refractivity (Wildman–Crippen MR) is 102 cm³/mol. The van der Waals surface area contributed by atoms with E-state index in [4.69, 9.17) is 4.74 Å². The summed E-state index contributed by atoms with van der Waals surface area (Å²) in [6.45, 7) is 0.584. The molecule has 0 aliphatic heterocycles. The Morgan fingerprint density at radius 2 is 1.58 bits per heavy atom. The zero-order valence-corrected chi connectivity index (χ0v) is 15.2. The molecule has 4 saturated carbocycles. The summed E-state index contributed by atoms with van der Waals surface area (Å²) in [4.78, 5) is 11.4. The van der Waals surface area contributed by atoms with E-state index in [0.717, 1.165) is 35.4 Å². The number of hydrogen-bond acceptors (Lipinski definition) is 2. The fourth-order valence-electron chi connectivity index (χ4n) is 6.34. The fraction of sp³-hybridized carbons (Fsp3) is 0.458. The molecule has 4 bridgehead atoms. The van der Waals surface area contributed by atoms with Crippen LogP contribution >= 0.6 is 0 Å². The first-order chi connectivity index (χ1) is 12.7. The molecule has 6 rings (SSSR count). The van der Waals surface area contributed by atoms with E-state index in [9.17, 15) is 4.79 Å². The van der Waals surface area contributed by atoms with E-state index in [0.29, 0.717) is 6.61 Å². The van der Waals surface area contributed by atoms with Crippen molar-refractivity contribution < 1.29 is 9.53 Å². The van der Waals surface area contributed by atoms with E-state index in [1.54, 1.807) is 0 Å². The molecule has 0 saturated heterocycles. The van der Waals surface area contributed by atoms with Crippen LogP contribution in [0.5, 0.6) is 5.75 Å². The van der Waals surface area contributed by atoms with Gasteiger partial charge in [0.2, 0.25) is 0 Å². The monoisotopic (exact) mass is 346 g/mol. The highest BCUT2D eigenvalue weighted by Crippen LogP contribution is 2.61. The molecule has 0 N–H and O–H groups in total. The quantitative estimate of drug-likeness (QED) is 0.664. The molecule has 0 radical (unpaired) electrons. The molecule has 0 aromatic heterocycles. The van der Waals surface area contributed by atoms with Crippen LogP contribution in [0.1, 0.15) is 60.0 Å². The molecule has 134 valence electrons. The molecule has 2 aromatic rings. The van der Waals surface area contributed by atoms with Crippen LogP contribution in [-0.4, -0.2) is 6.29 Å². The maximum absolute atomic E-state index is 11.4. The zero-order valence-electron chi connectivity index (χ0n) is 15.2. The van der Waals surface area contributed by atoms with Crippen LogP contribution in [0.4, 0.5) is 0 Å². The Morgan fingerprint density at radius 3 is 2.19 bits per heavy atom. The van der Waals surface area contributed by atoms with Crippen LogP contribution in [0.3, 0.4) is 0 Å². The first-order valence-electron chi connectivity index (χ1n) is 10.0. The van der Waals surface area contributed by atoms with Crippen molar-refractivity contribution in [2.24, 2.45) is 17.8 Å². The summed E-state index contributed by atoms with van der Waals surface area (Å²) >= 11 is 0. The van der Waals surface area contributed by atoms with Gasteiger partial charge in [-0.1, -0.05) is 30.3 Å². The Kier molecular flexibility index (Phi) is 3.88. The average Bonchev–Trinajstić information content (AvgIpc) is 2.66. The number of carbonyl (C=O) groups excluding carboxylic acids is 1. The van der Waals surface area contributed by atoms with Gasteiger partial charge >= 0.3 is 0 Å². The topological polar surface area (TPSA) is 26.3 Å².